The van der Waals surface area contributed by atoms with E-state index in [2.05, 4.69) is 37.9 Å². The van der Waals surface area contributed by atoms with Crippen LogP contribution in [-0.2, 0) is 17.7 Å². The van der Waals surface area contributed by atoms with E-state index in [1.54, 1.807) is 0 Å². The van der Waals surface area contributed by atoms with Gasteiger partial charge in [0.05, 0.1) is 24.4 Å². The predicted molar refractivity (Wildman–Crippen MR) is 90.4 cm³/mol. The zero-order chi connectivity index (χ0) is 15.3. The predicted octanol–water partition coefficient (Wildman–Crippen LogP) is 3.21. The van der Waals surface area contributed by atoms with E-state index in [0.717, 1.165) is 45.7 Å². The Balaban J connectivity index is 2.17. The molecule has 0 unspecified atom stereocenters. The molecule has 5 heteroatoms. The summed E-state index contributed by atoms with van der Waals surface area (Å²) < 4.78 is 5.62. The van der Waals surface area contributed by atoms with Crippen molar-refractivity contribution in [2.45, 2.75) is 59.0 Å². The summed E-state index contributed by atoms with van der Waals surface area (Å²) in [7, 11) is 0. The van der Waals surface area contributed by atoms with E-state index in [1.807, 2.05) is 11.3 Å². The number of aryl methyl sites for hydroxylation is 1. The van der Waals surface area contributed by atoms with Crippen molar-refractivity contribution in [3.05, 3.63) is 10.6 Å². The lowest BCUT2D eigenvalue weighted by molar-refractivity contribution is 0.0643. The summed E-state index contributed by atoms with van der Waals surface area (Å²) in [5.41, 5.74) is 1.32. The summed E-state index contributed by atoms with van der Waals surface area (Å²) in [5.74, 6) is 0. The molecule has 2 rings (SSSR count). The van der Waals surface area contributed by atoms with Crippen LogP contribution in [0.4, 0.5) is 5.13 Å². The molecule has 0 aliphatic carbocycles. The number of hydrogen-bond donors (Lipinski definition) is 1. The fraction of sp³-hybridized carbons (Fsp3) is 0.812. The van der Waals surface area contributed by atoms with E-state index in [9.17, 15) is 0 Å². The standard InChI is InChI=1S/C16H29N3OS/c1-5-7-13-14(11-17-8-6-2)21-15(18-13)19-9-10-20-12-16(19,3)4/h17H,5-12H2,1-4H3. The van der Waals surface area contributed by atoms with E-state index in [4.69, 9.17) is 9.72 Å². The Morgan fingerprint density at radius 1 is 1.33 bits per heavy atom. The Kier molecular flexibility index (Phi) is 6.02. The molecule has 1 aliphatic rings. The maximum atomic E-state index is 5.62. The summed E-state index contributed by atoms with van der Waals surface area (Å²) in [5, 5.41) is 4.68. The molecule has 0 atom stereocenters. The van der Waals surface area contributed by atoms with Crippen LogP contribution in [0.25, 0.3) is 0 Å². The summed E-state index contributed by atoms with van der Waals surface area (Å²) in [6.07, 6.45) is 3.39. The van der Waals surface area contributed by atoms with Crippen LogP contribution in [0.5, 0.6) is 0 Å². The number of aromatic nitrogens is 1. The van der Waals surface area contributed by atoms with Crippen molar-refractivity contribution in [3.8, 4) is 0 Å². The van der Waals surface area contributed by atoms with E-state index in [1.165, 1.54) is 22.1 Å². The van der Waals surface area contributed by atoms with Crippen LogP contribution in [0.2, 0.25) is 0 Å². The first kappa shape index (κ1) is 16.7. The van der Waals surface area contributed by atoms with Gasteiger partial charge in [0.25, 0.3) is 0 Å². The highest BCUT2D eigenvalue weighted by atomic mass is 32.1. The molecular weight excluding hydrogens is 282 g/mol. The number of thiazole rings is 1. The fourth-order valence-electron chi connectivity index (χ4n) is 2.65. The highest BCUT2D eigenvalue weighted by molar-refractivity contribution is 7.15. The summed E-state index contributed by atoms with van der Waals surface area (Å²) in [6.45, 7) is 13.4. The zero-order valence-corrected chi connectivity index (χ0v) is 14.7. The number of hydrogen-bond acceptors (Lipinski definition) is 5. The van der Waals surface area contributed by atoms with Gasteiger partial charge in [0.2, 0.25) is 0 Å². The van der Waals surface area contributed by atoms with Crippen molar-refractivity contribution in [1.29, 1.82) is 0 Å². The Labute approximate surface area is 132 Å². The molecule has 0 radical (unpaired) electrons. The molecule has 21 heavy (non-hydrogen) atoms. The second-order valence-corrected chi connectivity index (χ2v) is 7.37. The average Bonchev–Trinajstić information content (AvgIpc) is 2.82. The second kappa shape index (κ2) is 7.56. The average molecular weight is 311 g/mol. The summed E-state index contributed by atoms with van der Waals surface area (Å²) in [6, 6.07) is 0. The Hall–Kier alpha value is -0.650. The van der Waals surface area contributed by atoms with Gasteiger partial charge in [-0.15, -0.1) is 11.3 Å². The van der Waals surface area contributed by atoms with Gasteiger partial charge in [-0.3, -0.25) is 0 Å². The minimum absolute atomic E-state index is 0.0354. The molecule has 1 fully saturated rings. The molecule has 2 heterocycles. The van der Waals surface area contributed by atoms with Crippen LogP contribution in [0.15, 0.2) is 0 Å². The van der Waals surface area contributed by atoms with Crippen molar-refractivity contribution in [1.82, 2.24) is 10.3 Å². The third kappa shape index (κ3) is 4.18. The molecule has 120 valence electrons. The van der Waals surface area contributed by atoms with Gasteiger partial charge in [0, 0.05) is 18.0 Å². The third-order valence-corrected chi connectivity index (χ3v) is 4.96. The zero-order valence-electron chi connectivity index (χ0n) is 13.9. The van der Waals surface area contributed by atoms with Crippen molar-refractivity contribution < 1.29 is 4.74 Å². The number of morpholine rings is 1. The largest absolute Gasteiger partial charge is 0.377 e. The normalized spacial score (nSPS) is 18.2. The highest BCUT2D eigenvalue weighted by Gasteiger charge is 2.33. The van der Waals surface area contributed by atoms with Crippen molar-refractivity contribution in [2.24, 2.45) is 0 Å². The molecule has 0 amide bonds. The molecule has 1 aliphatic heterocycles. The Morgan fingerprint density at radius 3 is 2.81 bits per heavy atom. The van der Waals surface area contributed by atoms with E-state index < -0.39 is 0 Å². The van der Waals surface area contributed by atoms with Crippen LogP contribution in [0, 0.1) is 0 Å². The van der Waals surface area contributed by atoms with Gasteiger partial charge in [-0.25, -0.2) is 4.98 Å². The lowest BCUT2D eigenvalue weighted by Gasteiger charge is -2.42. The molecule has 1 N–H and O–H groups in total. The minimum atomic E-state index is 0.0354. The molecule has 1 saturated heterocycles. The SMILES string of the molecule is CCCNCc1sc(N2CCOCC2(C)C)nc1CCC. The van der Waals surface area contributed by atoms with Crippen LogP contribution < -0.4 is 10.2 Å². The third-order valence-electron chi connectivity index (χ3n) is 3.84. The van der Waals surface area contributed by atoms with Gasteiger partial charge in [0.15, 0.2) is 5.13 Å². The van der Waals surface area contributed by atoms with E-state index in [-0.39, 0.29) is 5.54 Å². The molecule has 0 bridgehead atoms. The maximum Gasteiger partial charge on any atom is 0.186 e. The number of anilines is 1. The van der Waals surface area contributed by atoms with E-state index >= 15 is 0 Å². The van der Waals surface area contributed by atoms with Gasteiger partial charge in [0.1, 0.15) is 0 Å². The van der Waals surface area contributed by atoms with Crippen molar-refractivity contribution in [3.63, 3.8) is 0 Å². The van der Waals surface area contributed by atoms with Crippen LogP contribution in [0.1, 0.15) is 51.1 Å². The van der Waals surface area contributed by atoms with Gasteiger partial charge in [-0.2, -0.15) is 0 Å². The maximum absolute atomic E-state index is 5.62. The Morgan fingerprint density at radius 2 is 2.14 bits per heavy atom. The first-order chi connectivity index (χ1) is 10.1. The summed E-state index contributed by atoms with van der Waals surface area (Å²) in [4.78, 5) is 8.77. The highest BCUT2D eigenvalue weighted by Crippen LogP contribution is 2.33. The molecule has 0 aromatic carbocycles. The molecule has 0 spiro atoms. The molecule has 0 saturated carbocycles. The first-order valence-corrected chi connectivity index (χ1v) is 8.94. The fourth-order valence-corrected chi connectivity index (χ4v) is 3.91. The first-order valence-electron chi connectivity index (χ1n) is 8.13. The van der Waals surface area contributed by atoms with Crippen molar-refractivity contribution >= 4 is 16.5 Å². The summed E-state index contributed by atoms with van der Waals surface area (Å²) >= 11 is 1.86. The van der Waals surface area contributed by atoms with Crippen LogP contribution in [0.3, 0.4) is 0 Å². The molecule has 1 aromatic heterocycles. The number of nitrogens with one attached hydrogen (secondary N) is 1. The second-order valence-electron chi connectivity index (χ2n) is 6.31. The quantitative estimate of drug-likeness (QED) is 0.785. The monoisotopic (exact) mass is 311 g/mol. The van der Waals surface area contributed by atoms with Crippen molar-refractivity contribution in [2.75, 3.05) is 31.2 Å². The van der Waals surface area contributed by atoms with Gasteiger partial charge >= 0.3 is 0 Å². The van der Waals surface area contributed by atoms with Gasteiger partial charge in [-0.05, 0) is 33.2 Å². The minimum Gasteiger partial charge on any atom is -0.377 e. The van der Waals surface area contributed by atoms with Crippen LogP contribution in [-0.4, -0.2) is 36.8 Å². The van der Waals surface area contributed by atoms with Gasteiger partial charge < -0.3 is 15.0 Å². The molecule has 4 nitrogen and oxygen atoms in total. The van der Waals surface area contributed by atoms with E-state index in [0.29, 0.717) is 0 Å². The topological polar surface area (TPSA) is 37.4 Å². The van der Waals surface area contributed by atoms with Gasteiger partial charge in [-0.1, -0.05) is 20.3 Å². The number of nitrogens with zero attached hydrogens (tertiary/aromatic N) is 2. The smallest absolute Gasteiger partial charge is 0.186 e. The number of ether oxygens (including phenoxy) is 1. The Bertz CT molecular complexity index is 445. The van der Waals surface area contributed by atoms with Crippen LogP contribution >= 0.6 is 11.3 Å². The molecule has 1 aromatic rings. The molecular formula is C16H29N3OS. The lowest BCUT2D eigenvalue weighted by Crippen LogP contribution is -2.53. The number of rotatable bonds is 7. The lowest BCUT2D eigenvalue weighted by atomic mass is 10.0.